The number of esters is 1. The van der Waals surface area contributed by atoms with Gasteiger partial charge in [-0.15, -0.1) is 0 Å². The molecule has 2 aliphatic heterocycles. The molecule has 148 valence electrons. The molecule has 0 radical (unpaired) electrons. The molecule has 3 rings (SSSR count). The van der Waals surface area contributed by atoms with Crippen LogP contribution in [-0.4, -0.2) is 54.7 Å². The van der Waals surface area contributed by atoms with Gasteiger partial charge in [0, 0.05) is 4.47 Å². The van der Waals surface area contributed by atoms with Gasteiger partial charge in [0.25, 0.3) is 0 Å². The van der Waals surface area contributed by atoms with Crippen LogP contribution in [0.5, 0.6) is 0 Å². The maximum absolute atomic E-state index is 11.7. The van der Waals surface area contributed by atoms with Gasteiger partial charge in [-0.05, 0) is 25.5 Å². The minimum Gasteiger partial charge on any atom is -0.466 e. The topological polar surface area (TPSA) is 83.5 Å². The first-order valence-electron chi connectivity index (χ1n) is 8.55. The zero-order valence-corrected chi connectivity index (χ0v) is 17.0. The number of aliphatic hydroxyl groups is 1. The molecule has 5 atom stereocenters. The maximum Gasteiger partial charge on any atom is 0.335 e. The molecule has 7 nitrogen and oxygen atoms in total. The zero-order valence-electron chi connectivity index (χ0n) is 15.4. The summed E-state index contributed by atoms with van der Waals surface area (Å²) < 4.78 is 29.1. The molecule has 0 bridgehead atoms. The summed E-state index contributed by atoms with van der Waals surface area (Å²) in [5, 5.41) is 10.6. The van der Waals surface area contributed by atoms with Crippen molar-refractivity contribution in [2.75, 3.05) is 7.11 Å². The van der Waals surface area contributed by atoms with E-state index in [1.807, 2.05) is 24.3 Å². The number of fused-ring (bicyclic) bond motifs is 1. The molecule has 0 unspecified atom stereocenters. The van der Waals surface area contributed by atoms with Crippen LogP contribution in [0.25, 0.3) is 0 Å². The number of carbonyl (C=O) groups excluding carboxylic acids is 1. The fourth-order valence-electron chi connectivity index (χ4n) is 3.20. The van der Waals surface area contributed by atoms with Crippen molar-refractivity contribution < 1.29 is 33.6 Å². The van der Waals surface area contributed by atoms with Gasteiger partial charge in [0.15, 0.2) is 12.1 Å². The standard InChI is InChI=1S/C19H23BrO7/c1-10(17(22)23-4)13(21)14-15(16-18(25-14)27-19(2,3)26-16)24-9-11-7-5-6-8-12(11)20/h5-8,13-16,18,21H,1,9H2,2-4H3/t13-,14-,15+,16-,18-/m1/s1. The van der Waals surface area contributed by atoms with Crippen molar-refractivity contribution in [1.82, 2.24) is 0 Å². The van der Waals surface area contributed by atoms with E-state index in [0.29, 0.717) is 0 Å². The third kappa shape index (κ3) is 4.26. The molecule has 1 aromatic carbocycles. The van der Waals surface area contributed by atoms with E-state index in [2.05, 4.69) is 27.2 Å². The number of methoxy groups -OCH3 is 1. The highest BCUT2D eigenvalue weighted by atomic mass is 79.9. The summed E-state index contributed by atoms with van der Waals surface area (Å²) in [6.07, 6.45) is -4.13. The number of rotatable bonds is 6. The van der Waals surface area contributed by atoms with Gasteiger partial charge in [-0.2, -0.15) is 0 Å². The molecule has 2 aliphatic rings. The fourth-order valence-corrected chi connectivity index (χ4v) is 3.60. The SMILES string of the molecule is C=C(C(=O)OC)[C@@H](O)[C@H]1O[C@@H]2OC(C)(C)O[C@@H]2[C@H]1OCc1ccccc1Br. The predicted molar refractivity (Wildman–Crippen MR) is 98.6 cm³/mol. The van der Waals surface area contributed by atoms with Gasteiger partial charge >= 0.3 is 5.97 Å². The molecule has 27 heavy (non-hydrogen) atoms. The summed E-state index contributed by atoms with van der Waals surface area (Å²) in [6, 6.07) is 7.65. The minimum absolute atomic E-state index is 0.115. The third-order valence-electron chi connectivity index (χ3n) is 4.53. The molecule has 0 spiro atoms. The molecule has 8 heteroatoms. The van der Waals surface area contributed by atoms with Gasteiger partial charge in [-0.25, -0.2) is 4.79 Å². The Kier molecular flexibility index (Phi) is 6.05. The van der Waals surface area contributed by atoms with E-state index in [0.717, 1.165) is 10.0 Å². The summed E-state index contributed by atoms with van der Waals surface area (Å²) in [5.74, 6) is -1.55. The van der Waals surface area contributed by atoms with Gasteiger partial charge in [0.05, 0.1) is 19.3 Å². The Morgan fingerprint density at radius 1 is 1.37 bits per heavy atom. The highest BCUT2D eigenvalue weighted by molar-refractivity contribution is 9.10. The maximum atomic E-state index is 11.7. The summed E-state index contributed by atoms with van der Waals surface area (Å²) >= 11 is 3.48. The molecular weight excluding hydrogens is 420 g/mol. The molecule has 0 saturated carbocycles. The Hall–Kier alpha value is -1.29. The van der Waals surface area contributed by atoms with E-state index >= 15 is 0 Å². The lowest BCUT2D eigenvalue weighted by Crippen LogP contribution is -2.44. The second-order valence-corrected chi connectivity index (χ2v) is 7.75. The van der Waals surface area contributed by atoms with Crippen molar-refractivity contribution in [2.24, 2.45) is 0 Å². The van der Waals surface area contributed by atoms with Crippen LogP contribution in [-0.2, 0) is 35.1 Å². The number of carbonyl (C=O) groups is 1. The van der Waals surface area contributed by atoms with Crippen LogP contribution in [0.3, 0.4) is 0 Å². The molecule has 1 N–H and O–H groups in total. The quantitative estimate of drug-likeness (QED) is 0.534. The molecule has 2 heterocycles. The van der Waals surface area contributed by atoms with Crippen LogP contribution in [0.15, 0.2) is 40.9 Å². The number of hydrogen-bond donors (Lipinski definition) is 1. The van der Waals surface area contributed by atoms with E-state index in [1.165, 1.54) is 7.11 Å². The smallest absolute Gasteiger partial charge is 0.335 e. The largest absolute Gasteiger partial charge is 0.466 e. The Morgan fingerprint density at radius 3 is 2.74 bits per heavy atom. The Morgan fingerprint density at radius 2 is 2.07 bits per heavy atom. The Bertz CT molecular complexity index is 720. The lowest BCUT2D eigenvalue weighted by Gasteiger charge is -2.29. The van der Waals surface area contributed by atoms with Gasteiger partial charge in [0.2, 0.25) is 0 Å². The van der Waals surface area contributed by atoms with E-state index in [1.54, 1.807) is 13.8 Å². The number of halogens is 1. The van der Waals surface area contributed by atoms with Crippen molar-refractivity contribution in [1.29, 1.82) is 0 Å². The summed E-state index contributed by atoms with van der Waals surface area (Å²) in [4.78, 5) is 11.7. The number of aliphatic hydroxyl groups excluding tert-OH is 1. The van der Waals surface area contributed by atoms with E-state index in [4.69, 9.17) is 18.9 Å². The Labute approximate surface area is 166 Å². The molecular formula is C19H23BrO7. The lowest BCUT2D eigenvalue weighted by molar-refractivity contribution is -0.228. The second kappa shape index (κ2) is 7.98. The van der Waals surface area contributed by atoms with Gasteiger partial charge in [0.1, 0.15) is 24.4 Å². The number of benzene rings is 1. The average Bonchev–Trinajstić information content (AvgIpc) is 3.11. The minimum atomic E-state index is -1.32. The molecule has 1 aromatic rings. The van der Waals surface area contributed by atoms with Crippen molar-refractivity contribution >= 4 is 21.9 Å². The van der Waals surface area contributed by atoms with Crippen LogP contribution >= 0.6 is 15.9 Å². The first kappa shape index (κ1) is 20.4. The summed E-state index contributed by atoms with van der Waals surface area (Å²) in [7, 11) is 1.22. The highest BCUT2D eigenvalue weighted by Crippen LogP contribution is 2.40. The Balaban J connectivity index is 1.79. The average molecular weight is 443 g/mol. The molecule has 0 amide bonds. The predicted octanol–water partition coefficient (Wildman–Crippen LogP) is 2.30. The van der Waals surface area contributed by atoms with Gasteiger partial charge in [-0.1, -0.05) is 40.7 Å². The summed E-state index contributed by atoms with van der Waals surface area (Å²) in [5.41, 5.74) is 0.815. The van der Waals surface area contributed by atoms with Crippen molar-refractivity contribution in [2.45, 2.75) is 56.9 Å². The zero-order chi connectivity index (χ0) is 19.8. The highest BCUT2D eigenvalue weighted by Gasteiger charge is 2.57. The van der Waals surface area contributed by atoms with Crippen LogP contribution in [0, 0.1) is 0 Å². The van der Waals surface area contributed by atoms with E-state index in [-0.39, 0.29) is 12.2 Å². The van der Waals surface area contributed by atoms with Gasteiger partial charge in [-0.3, -0.25) is 0 Å². The number of hydrogen-bond acceptors (Lipinski definition) is 7. The molecule has 2 fully saturated rings. The van der Waals surface area contributed by atoms with E-state index < -0.39 is 42.5 Å². The second-order valence-electron chi connectivity index (χ2n) is 6.90. The van der Waals surface area contributed by atoms with Crippen LogP contribution in [0.2, 0.25) is 0 Å². The number of ether oxygens (including phenoxy) is 5. The third-order valence-corrected chi connectivity index (χ3v) is 5.31. The normalized spacial score (nSPS) is 30.0. The van der Waals surface area contributed by atoms with Crippen molar-refractivity contribution in [3.8, 4) is 0 Å². The monoisotopic (exact) mass is 442 g/mol. The van der Waals surface area contributed by atoms with E-state index in [9.17, 15) is 9.90 Å². The molecule has 2 saturated heterocycles. The van der Waals surface area contributed by atoms with Crippen LogP contribution in [0.1, 0.15) is 19.4 Å². The van der Waals surface area contributed by atoms with Crippen LogP contribution < -0.4 is 0 Å². The fraction of sp³-hybridized carbons (Fsp3) is 0.526. The lowest BCUT2D eigenvalue weighted by atomic mass is 10.00. The van der Waals surface area contributed by atoms with Crippen molar-refractivity contribution in [3.63, 3.8) is 0 Å². The van der Waals surface area contributed by atoms with Crippen LogP contribution in [0.4, 0.5) is 0 Å². The van der Waals surface area contributed by atoms with Gasteiger partial charge < -0.3 is 28.8 Å². The molecule has 0 aromatic heterocycles. The van der Waals surface area contributed by atoms with Crippen molar-refractivity contribution in [3.05, 3.63) is 46.5 Å². The first-order chi connectivity index (χ1) is 12.7. The first-order valence-corrected chi connectivity index (χ1v) is 9.34. The summed E-state index contributed by atoms with van der Waals surface area (Å²) in [6.45, 7) is 7.42. The molecule has 0 aliphatic carbocycles.